The predicted octanol–water partition coefficient (Wildman–Crippen LogP) is 6.78. The van der Waals surface area contributed by atoms with Crippen molar-refractivity contribution in [1.82, 2.24) is 25.2 Å². The Bertz CT molecular complexity index is 1620. The van der Waals surface area contributed by atoms with E-state index in [0.29, 0.717) is 29.7 Å². The Kier molecular flexibility index (Phi) is 7.22. The summed E-state index contributed by atoms with van der Waals surface area (Å²) in [5.41, 5.74) is 5.74. The Morgan fingerprint density at radius 1 is 0.974 bits per heavy atom. The first-order valence-electron chi connectivity index (χ1n) is 12.8. The molecule has 2 atom stereocenters. The third kappa shape index (κ3) is 5.77. The minimum Gasteiger partial charge on any atom is -0.366 e. The molecule has 0 unspecified atom stereocenters. The molecule has 0 radical (unpaired) electrons. The maximum absolute atomic E-state index is 12.4. The second-order valence-electron chi connectivity index (χ2n) is 9.59. The molecule has 0 spiro atoms. The average molecular weight is 602 g/mol. The topological polar surface area (TPSA) is 83.3 Å². The van der Waals surface area contributed by atoms with Crippen LogP contribution in [0.4, 0.5) is 10.6 Å². The van der Waals surface area contributed by atoms with E-state index in [1.54, 1.807) is 10.7 Å². The Hall–Kier alpha value is -3.88. The van der Waals surface area contributed by atoms with E-state index < -0.39 is 0 Å². The van der Waals surface area contributed by atoms with E-state index in [0.717, 1.165) is 39.1 Å². The van der Waals surface area contributed by atoms with Crippen molar-refractivity contribution in [1.29, 1.82) is 0 Å². The minimum atomic E-state index is -0.134. The van der Waals surface area contributed by atoms with Crippen LogP contribution in [0.25, 0.3) is 16.9 Å². The Balaban J connectivity index is 1.06. The lowest BCUT2D eigenvalue weighted by Gasteiger charge is -2.12. The number of carbonyl (C=O) groups excluding carboxylic acids is 1. The molecule has 1 aliphatic rings. The maximum Gasteiger partial charge on any atom is 0.315 e. The highest BCUT2D eigenvalue weighted by Crippen LogP contribution is 2.40. The normalized spacial score (nSPS) is 16.2. The van der Waals surface area contributed by atoms with E-state index in [9.17, 15) is 4.79 Å². The molecule has 6 rings (SSSR count). The van der Waals surface area contributed by atoms with E-state index in [1.165, 1.54) is 5.56 Å². The highest BCUT2D eigenvalue weighted by atomic mass is 79.9. The smallest absolute Gasteiger partial charge is 0.315 e. The van der Waals surface area contributed by atoms with Crippen molar-refractivity contribution in [2.45, 2.75) is 31.5 Å². The standard InChI is InChI=1S/C30H26BrClN6O/c31-24-18-35-38-28(15-27(36-29(24)38)22-8-4-5-9-25(22)32)33-16-19-10-12-20(13-11-19)17-34-30(39)37-26-14-23(26)21-6-2-1-3-7-21/h1-13,15,18,23,26,33H,14,16-17H2,(H2,34,37,39)/t23-,26+/m0/s1. The summed E-state index contributed by atoms with van der Waals surface area (Å²) < 4.78 is 2.57. The lowest BCUT2D eigenvalue weighted by molar-refractivity contribution is 0.240. The first kappa shape index (κ1) is 25.4. The molecule has 7 nitrogen and oxygen atoms in total. The fraction of sp³-hybridized carbons (Fsp3) is 0.167. The van der Waals surface area contributed by atoms with Gasteiger partial charge in [-0.2, -0.15) is 9.61 Å². The summed E-state index contributed by atoms with van der Waals surface area (Å²) in [5, 5.41) is 14.6. The molecular formula is C30H26BrClN6O. The van der Waals surface area contributed by atoms with Crippen LogP contribution in [0.3, 0.4) is 0 Å². The molecule has 1 fully saturated rings. The van der Waals surface area contributed by atoms with Crippen LogP contribution in [0.1, 0.15) is 29.0 Å². The van der Waals surface area contributed by atoms with Gasteiger partial charge in [0.25, 0.3) is 0 Å². The summed E-state index contributed by atoms with van der Waals surface area (Å²) in [5.74, 6) is 1.21. The van der Waals surface area contributed by atoms with Gasteiger partial charge in [-0.25, -0.2) is 9.78 Å². The summed E-state index contributed by atoms with van der Waals surface area (Å²) >= 11 is 9.99. The monoisotopic (exact) mass is 600 g/mol. The van der Waals surface area contributed by atoms with Gasteiger partial charge in [-0.05, 0) is 45.1 Å². The molecule has 196 valence electrons. The molecular weight excluding hydrogens is 576 g/mol. The van der Waals surface area contributed by atoms with E-state index >= 15 is 0 Å². The van der Waals surface area contributed by atoms with Gasteiger partial charge in [0.05, 0.1) is 16.4 Å². The molecule has 9 heteroatoms. The summed E-state index contributed by atoms with van der Waals surface area (Å²) in [6.07, 6.45) is 2.71. The largest absolute Gasteiger partial charge is 0.366 e. The van der Waals surface area contributed by atoms with Crippen LogP contribution in [0.2, 0.25) is 5.02 Å². The van der Waals surface area contributed by atoms with Gasteiger partial charge in [-0.3, -0.25) is 0 Å². The molecule has 1 saturated carbocycles. The number of urea groups is 1. The second kappa shape index (κ2) is 11.1. The van der Waals surface area contributed by atoms with Gasteiger partial charge < -0.3 is 16.0 Å². The summed E-state index contributed by atoms with van der Waals surface area (Å²) in [4.78, 5) is 17.1. The van der Waals surface area contributed by atoms with E-state index in [1.807, 2.05) is 60.7 Å². The van der Waals surface area contributed by atoms with Crippen molar-refractivity contribution >= 4 is 45.0 Å². The van der Waals surface area contributed by atoms with Gasteiger partial charge in [0, 0.05) is 41.7 Å². The molecule has 0 bridgehead atoms. The van der Waals surface area contributed by atoms with E-state index in [2.05, 4.69) is 61.2 Å². The molecule has 2 aromatic heterocycles. The first-order chi connectivity index (χ1) is 19.0. The van der Waals surface area contributed by atoms with Crippen molar-refractivity contribution < 1.29 is 4.79 Å². The van der Waals surface area contributed by atoms with Crippen LogP contribution < -0.4 is 16.0 Å². The number of hydrogen-bond donors (Lipinski definition) is 3. The lowest BCUT2D eigenvalue weighted by atomic mass is 10.1. The van der Waals surface area contributed by atoms with Gasteiger partial charge in [0.2, 0.25) is 0 Å². The van der Waals surface area contributed by atoms with Crippen LogP contribution in [0.15, 0.2) is 95.6 Å². The number of aromatic nitrogens is 3. The predicted molar refractivity (Wildman–Crippen MR) is 158 cm³/mol. The molecule has 2 amide bonds. The van der Waals surface area contributed by atoms with Gasteiger partial charge in [0.1, 0.15) is 5.82 Å². The molecule has 3 aromatic carbocycles. The number of anilines is 1. The number of nitrogens with zero attached hydrogens (tertiary/aromatic N) is 3. The highest BCUT2D eigenvalue weighted by Gasteiger charge is 2.39. The fourth-order valence-electron chi connectivity index (χ4n) is 4.66. The molecule has 39 heavy (non-hydrogen) atoms. The zero-order valence-corrected chi connectivity index (χ0v) is 23.3. The second-order valence-corrected chi connectivity index (χ2v) is 10.9. The number of halogens is 2. The van der Waals surface area contributed by atoms with Crippen LogP contribution in [0, 0.1) is 0 Å². The number of amides is 2. The van der Waals surface area contributed by atoms with Crippen molar-refractivity contribution in [2.24, 2.45) is 0 Å². The molecule has 1 aliphatic carbocycles. The van der Waals surface area contributed by atoms with Crippen molar-refractivity contribution in [2.75, 3.05) is 5.32 Å². The zero-order chi connectivity index (χ0) is 26.8. The Morgan fingerprint density at radius 3 is 2.46 bits per heavy atom. The third-order valence-corrected chi connectivity index (χ3v) is 7.75. The van der Waals surface area contributed by atoms with E-state index in [-0.39, 0.29) is 12.1 Å². The number of rotatable bonds is 8. The van der Waals surface area contributed by atoms with Crippen LogP contribution in [-0.2, 0) is 13.1 Å². The highest BCUT2D eigenvalue weighted by molar-refractivity contribution is 9.10. The number of fused-ring (bicyclic) bond motifs is 1. The number of benzene rings is 3. The van der Waals surface area contributed by atoms with Gasteiger partial charge >= 0.3 is 6.03 Å². The number of hydrogen-bond acceptors (Lipinski definition) is 4. The molecule has 5 aromatic rings. The zero-order valence-electron chi connectivity index (χ0n) is 20.9. The Morgan fingerprint density at radius 2 is 1.69 bits per heavy atom. The maximum atomic E-state index is 12.4. The van der Waals surface area contributed by atoms with Gasteiger partial charge in [0.15, 0.2) is 5.65 Å². The summed E-state index contributed by atoms with van der Waals surface area (Å²) in [6.45, 7) is 1.06. The molecule has 0 saturated heterocycles. The van der Waals surface area contributed by atoms with Crippen LogP contribution >= 0.6 is 27.5 Å². The minimum absolute atomic E-state index is 0.134. The van der Waals surface area contributed by atoms with Gasteiger partial charge in [-0.15, -0.1) is 0 Å². The third-order valence-electron chi connectivity index (χ3n) is 6.86. The molecule has 2 heterocycles. The molecule has 3 N–H and O–H groups in total. The lowest BCUT2D eigenvalue weighted by Crippen LogP contribution is -2.36. The Labute approximate surface area is 239 Å². The van der Waals surface area contributed by atoms with Crippen molar-refractivity contribution in [3.8, 4) is 11.3 Å². The van der Waals surface area contributed by atoms with Gasteiger partial charge in [-0.1, -0.05) is 84.4 Å². The number of nitrogens with one attached hydrogen (secondary N) is 3. The van der Waals surface area contributed by atoms with Crippen molar-refractivity contribution in [3.05, 3.63) is 117 Å². The summed E-state index contributed by atoms with van der Waals surface area (Å²) in [7, 11) is 0. The van der Waals surface area contributed by atoms with Crippen LogP contribution in [-0.4, -0.2) is 26.7 Å². The first-order valence-corrected chi connectivity index (χ1v) is 13.9. The van der Waals surface area contributed by atoms with Crippen LogP contribution in [0.5, 0.6) is 0 Å². The fourth-order valence-corrected chi connectivity index (χ4v) is 5.24. The quantitative estimate of drug-likeness (QED) is 0.183. The average Bonchev–Trinajstić information content (AvgIpc) is 3.63. The van der Waals surface area contributed by atoms with E-state index in [4.69, 9.17) is 16.6 Å². The molecule has 0 aliphatic heterocycles. The number of carbonyl (C=O) groups is 1. The summed E-state index contributed by atoms with van der Waals surface area (Å²) in [6, 6.07) is 28.2. The van der Waals surface area contributed by atoms with Crippen molar-refractivity contribution in [3.63, 3.8) is 0 Å². The SMILES string of the molecule is O=C(NCc1ccc(CNc2cc(-c3ccccc3Cl)nc3c(Br)cnn23)cc1)N[C@@H]1C[C@H]1c1ccccc1.